The summed E-state index contributed by atoms with van der Waals surface area (Å²) in [5.41, 5.74) is 0.802. The second-order valence-corrected chi connectivity index (χ2v) is 6.64. The molecule has 1 aromatic rings. The van der Waals surface area contributed by atoms with Crippen LogP contribution in [-0.4, -0.2) is 73.8 Å². The first-order valence-electron chi connectivity index (χ1n) is 8.64. The summed E-state index contributed by atoms with van der Waals surface area (Å²) in [7, 11) is 2.03. The van der Waals surface area contributed by atoms with E-state index in [1.165, 1.54) is 0 Å². The third-order valence-electron chi connectivity index (χ3n) is 4.83. The summed E-state index contributed by atoms with van der Waals surface area (Å²) in [5, 5.41) is 2.70. The summed E-state index contributed by atoms with van der Waals surface area (Å²) >= 11 is 0. The van der Waals surface area contributed by atoms with Crippen molar-refractivity contribution in [3.05, 3.63) is 30.3 Å². The minimum Gasteiger partial charge on any atom is -0.347 e. The van der Waals surface area contributed by atoms with Crippen LogP contribution in [0.5, 0.6) is 0 Å². The minimum absolute atomic E-state index is 0.00141. The van der Waals surface area contributed by atoms with Crippen molar-refractivity contribution in [2.75, 3.05) is 51.2 Å². The monoisotopic (exact) mass is 344 g/mol. The van der Waals surface area contributed by atoms with E-state index in [1.807, 2.05) is 37.4 Å². The molecule has 0 aliphatic carbocycles. The van der Waals surface area contributed by atoms with Crippen LogP contribution in [0.4, 0.5) is 5.69 Å². The quantitative estimate of drug-likeness (QED) is 0.830. The van der Waals surface area contributed by atoms with Crippen molar-refractivity contribution in [3.63, 3.8) is 0 Å². The lowest BCUT2D eigenvalue weighted by Gasteiger charge is -2.32. The van der Waals surface area contributed by atoms with Crippen LogP contribution in [0.1, 0.15) is 6.42 Å². The fraction of sp³-hybridized carbons (Fsp3) is 0.500. The molecule has 0 radical (unpaired) electrons. The number of nitrogens with zero attached hydrogens (tertiary/aromatic N) is 3. The van der Waals surface area contributed by atoms with Gasteiger partial charge in [-0.15, -0.1) is 0 Å². The molecule has 2 heterocycles. The topological polar surface area (TPSA) is 73.0 Å². The van der Waals surface area contributed by atoms with Crippen LogP contribution in [0.25, 0.3) is 0 Å². The molecule has 0 aromatic heterocycles. The van der Waals surface area contributed by atoms with Crippen molar-refractivity contribution in [2.24, 2.45) is 5.92 Å². The molecule has 2 aliphatic heterocycles. The van der Waals surface area contributed by atoms with Crippen LogP contribution in [0.3, 0.4) is 0 Å². The van der Waals surface area contributed by atoms with Crippen molar-refractivity contribution in [1.82, 2.24) is 15.1 Å². The van der Waals surface area contributed by atoms with E-state index >= 15 is 0 Å². The zero-order valence-electron chi connectivity index (χ0n) is 14.5. The van der Waals surface area contributed by atoms with Gasteiger partial charge in [0.1, 0.15) is 0 Å². The predicted octanol–water partition coefficient (Wildman–Crippen LogP) is -0.0703. The average Bonchev–Trinajstić information content (AvgIpc) is 3.02. The zero-order valence-corrected chi connectivity index (χ0v) is 14.5. The third-order valence-corrected chi connectivity index (χ3v) is 4.83. The Labute approximate surface area is 147 Å². The maximum absolute atomic E-state index is 12.3. The molecule has 0 spiro atoms. The van der Waals surface area contributed by atoms with Gasteiger partial charge in [-0.25, -0.2) is 0 Å². The van der Waals surface area contributed by atoms with Crippen molar-refractivity contribution >= 4 is 23.4 Å². The first kappa shape index (κ1) is 17.4. The van der Waals surface area contributed by atoms with Crippen LogP contribution < -0.4 is 10.2 Å². The number of carbonyl (C=O) groups excluding carboxylic acids is 3. The Hall–Kier alpha value is -2.41. The molecule has 134 valence electrons. The number of benzene rings is 1. The molecule has 1 aromatic carbocycles. The Bertz CT molecular complexity index is 641. The summed E-state index contributed by atoms with van der Waals surface area (Å²) in [6, 6.07) is 9.33. The maximum atomic E-state index is 12.3. The van der Waals surface area contributed by atoms with Gasteiger partial charge in [-0.2, -0.15) is 0 Å². The highest BCUT2D eigenvalue weighted by Crippen LogP contribution is 2.24. The molecular weight excluding hydrogens is 320 g/mol. The Morgan fingerprint density at radius 2 is 1.80 bits per heavy atom. The molecule has 25 heavy (non-hydrogen) atoms. The number of para-hydroxylation sites is 1. The molecule has 1 atom stereocenters. The van der Waals surface area contributed by atoms with Gasteiger partial charge in [0.15, 0.2) is 0 Å². The van der Waals surface area contributed by atoms with E-state index in [9.17, 15) is 14.4 Å². The Morgan fingerprint density at radius 1 is 1.12 bits per heavy atom. The lowest BCUT2D eigenvalue weighted by molar-refractivity contribution is -0.135. The highest BCUT2D eigenvalue weighted by molar-refractivity contribution is 6.00. The van der Waals surface area contributed by atoms with Gasteiger partial charge in [-0.05, 0) is 19.2 Å². The van der Waals surface area contributed by atoms with Gasteiger partial charge in [-0.1, -0.05) is 18.2 Å². The fourth-order valence-electron chi connectivity index (χ4n) is 3.22. The highest BCUT2D eigenvalue weighted by Gasteiger charge is 2.35. The number of anilines is 1. The molecule has 7 nitrogen and oxygen atoms in total. The van der Waals surface area contributed by atoms with Gasteiger partial charge >= 0.3 is 0 Å². The number of carbonyl (C=O) groups is 3. The first-order chi connectivity index (χ1) is 12.0. The average molecular weight is 344 g/mol. The number of amides is 3. The lowest BCUT2D eigenvalue weighted by atomic mass is 10.1. The van der Waals surface area contributed by atoms with Gasteiger partial charge in [-0.3, -0.25) is 14.4 Å². The molecule has 1 unspecified atom stereocenters. The SMILES string of the molecule is CN1CCN(C(=O)CNC(=O)C2CC(=O)N(c3ccccc3)C2)CC1. The summed E-state index contributed by atoms with van der Waals surface area (Å²) in [4.78, 5) is 42.3. The van der Waals surface area contributed by atoms with E-state index in [4.69, 9.17) is 0 Å². The van der Waals surface area contributed by atoms with Crippen molar-refractivity contribution in [3.8, 4) is 0 Å². The standard InChI is InChI=1S/C18H24N4O3/c1-20-7-9-21(10-8-20)17(24)12-19-18(25)14-11-16(23)22(13-14)15-5-3-2-4-6-15/h2-6,14H,7-13H2,1H3,(H,19,25). The van der Waals surface area contributed by atoms with Crippen molar-refractivity contribution in [1.29, 1.82) is 0 Å². The van der Waals surface area contributed by atoms with E-state index in [0.29, 0.717) is 19.6 Å². The Kier molecular flexibility index (Phi) is 5.33. The minimum atomic E-state index is -0.409. The Balaban J connectivity index is 1.49. The molecule has 3 rings (SSSR count). The second-order valence-electron chi connectivity index (χ2n) is 6.64. The molecule has 2 saturated heterocycles. The van der Waals surface area contributed by atoms with E-state index < -0.39 is 5.92 Å². The van der Waals surface area contributed by atoms with E-state index in [0.717, 1.165) is 18.8 Å². The third kappa shape index (κ3) is 4.17. The van der Waals surface area contributed by atoms with Crippen LogP contribution in [-0.2, 0) is 14.4 Å². The van der Waals surface area contributed by atoms with Gasteiger partial charge in [0.05, 0.1) is 12.5 Å². The van der Waals surface area contributed by atoms with E-state index in [1.54, 1.807) is 9.80 Å². The van der Waals surface area contributed by atoms with E-state index in [2.05, 4.69) is 10.2 Å². The predicted molar refractivity (Wildman–Crippen MR) is 94.0 cm³/mol. The summed E-state index contributed by atoms with van der Waals surface area (Å²) < 4.78 is 0. The number of piperazine rings is 1. The summed E-state index contributed by atoms with van der Waals surface area (Å²) in [6.07, 6.45) is 0.184. The van der Waals surface area contributed by atoms with Gasteiger partial charge in [0.25, 0.3) is 0 Å². The normalized spacial score (nSPS) is 21.5. The van der Waals surface area contributed by atoms with E-state index in [-0.39, 0.29) is 30.7 Å². The van der Waals surface area contributed by atoms with Crippen molar-refractivity contribution < 1.29 is 14.4 Å². The van der Waals surface area contributed by atoms with Crippen LogP contribution in [0.2, 0.25) is 0 Å². The first-order valence-corrected chi connectivity index (χ1v) is 8.64. The summed E-state index contributed by atoms with van der Waals surface area (Å²) in [6.45, 7) is 3.44. The fourth-order valence-corrected chi connectivity index (χ4v) is 3.22. The van der Waals surface area contributed by atoms with Crippen LogP contribution in [0, 0.1) is 5.92 Å². The number of rotatable bonds is 4. The van der Waals surface area contributed by atoms with Crippen molar-refractivity contribution in [2.45, 2.75) is 6.42 Å². The molecule has 2 aliphatic rings. The number of nitrogens with one attached hydrogen (secondary N) is 1. The number of likely N-dealkylation sites (N-methyl/N-ethyl adjacent to an activating group) is 1. The highest BCUT2D eigenvalue weighted by atomic mass is 16.2. The molecule has 0 saturated carbocycles. The Morgan fingerprint density at radius 3 is 2.48 bits per heavy atom. The molecule has 7 heteroatoms. The summed E-state index contributed by atoms with van der Waals surface area (Å²) in [5.74, 6) is -0.760. The van der Waals surface area contributed by atoms with Gasteiger partial charge in [0.2, 0.25) is 17.7 Å². The van der Waals surface area contributed by atoms with Crippen LogP contribution >= 0.6 is 0 Å². The second kappa shape index (κ2) is 7.65. The van der Waals surface area contributed by atoms with Gasteiger partial charge in [0, 0.05) is 44.8 Å². The lowest BCUT2D eigenvalue weighted by Crippen LogP contribution is -2.50. The smallest absolute Gasteiger partial charge is 0.242 e. The number of hydrogen-bond donors (Lipinski definition) is 1. The molecular formula is C18H24N4O3. The number of hydrogen-bond acceptors (Lipinski definition) is 4. The molecule has 1 N–H and O–H groups in total. The molecule has 2 fully saturated rings. The van der Waals surface area contributed by atoms with Crippen LogP contribution in [0.15, 0.2) is 30.3 Å². The van der Waals surface area contributed by atoms with Gasteiger partial charge < -0.3 is 20.0 Å². The maximum Gasteiger partial charge on any atom is 0.242 e. The molecule has 0 bridgehead atoms. The zero-order chi connectivity index (χ0) is 17.8. The molecule has 3 amide bonds. The largest absolute Gasteiger partial charge is 0.347 e.